The van der Waals surface area contributed by atoms with E-state index in [0.29, 0.717) is 19.6 Å². The molecule has 0 radical (unpaired) electrons. The highest BCUT2D eigenvalue weighted by atomic mass is 16.6. The van der Waals surface area contributed by atoms with Gasteiger partial charge in [-0.15, -0.1) is 0 Å². The highest BCUT2D eigenvalue weighted by molar-refractivity contribution is 5.83. The number of hydrogen-bond acceptors (Lipinski definition) is 9. The first-order chi connectivity index (χ1) is 15.1. The van der Waals surface area contributed by atoms with Crippen LogP contribution < -0.4 is 5.73 Å². The lowest BCUT2D eigenvalue weighted by Crippen LogP contribution is -2.44. The largest absolute Gasteiger partial charge is 0.479 e. The first-order valence-corrected chi connectivity index (χ1v) is 9.78. The Morgan fingerprint density at radius 2 is 1.62 bits per heavy atom. The number of rotatable bonds is 8. The molecule has 0 saturated carbocycles. The zero-order chi connectivity index (χ0) is 24.3. The molecule has 1 amide bonds. The predicted octanol–water partition coefficient (Wildman–Crippen LogP) is -0.445. The molecule has 1 saturated heterocycles. The molecule has 4 atom stereocenters. The van der Waals surface area contributed by atoms with E-state index in [1.807, 2.05) is 30.3 Å². The number of benzene rings is 1. The fraction of sp³-hybridized carbons (Fsp3) is 0.500. The quantitative estimate of drug-likeness (QED) is 0.318. The number of nitrogens with two attached hydrogens (primary N) is 1. The van der Waals surface area contributed by atoms with E-state index >= 15 is 0 Å². The van der Waals surface area contributed by atoms with Gasteiger partial charge in [-0.1, -0.05) is 30.3 Å². The molecule has 0 spiro atoms. The number of carboxylic acids is 2. The molecule has 1 aliphatic heterocycles. The van der Waals surface area contributed by atoms with Crippen LogP contribution in [0, 0.1) is 0 Å². The number of aliphatic hydroxyl groups excluding tert-OH is 2. The predicted molar refractivity (Wildman–Crippen MR) is 108 cm³/mol. The van der Waals surface area contributed by atoms with Gasteiger partial charge >= 0.3 is 24.0 Å². The highest BCUT2D eigenvalue weighted by Crippen LogP contribution is 2.21. The van der Waals surface area contributed by atoms with E-state index < -0.39 is 30.2 Å². The summed E-state index contributed by atoms with van der Waals surface area (Å²) in [5, 5.41) is 32.5. The topological polar surface area (TPSA) is 197 Å². The van der Waals surface area contributed by atoms with Gasteiger partial charge in [0.2, 0.25) is 0 Å². The van der Waals surface area contributed by atoms with Gasteiger partial charge in [0.05, 0.1) is 19.1 Å². The van der Waals surface area contributed by atoms with Crippen molar-refractivity contribution in [1.82, 2.24) is 4.90 Å². The van der Waals surface area contributed by atoms with Gasteiger partial charge in [-0.05, 0) is 18.9 Å². The first-order valence-electron chi connectivity index (χ1n) is 9.78. The van der Waals surface area contributed by atoms with Gasteiger partial charge in [-0.3, -0.25) is 4.79 Å². The molecule has 1 fully saturated rings. The van der Waals surface area contributed by atoms with Gasteiger partial charge in [0.1, 0.15) is 6.61 Å². The third kappa shape index (κ3) is 8.49. The maximum atomic E-state index is 12.2. The fourth-order valence-electron chi connectivity index (χ4n) is 2.83. The first kappa shape index (κ1) is 26.8. The number of esters is 1. The van der Waals surface area contributed by atoms with Crippen molar-refractivity contribution in [3.8, 4) is 0 Å². The molecule has 0 aromatic heterocycles. The fourth-order valence-corrected chi connectivity index (χ4v) is 2.83. The lowest BCUT2D eigenvalue weighted by Gasteiger charge is -2.25. The minimum atomic E-state index is -2.27. The Balaban J connectivity index is 0.000000433. The van der Waals surface area contributed by atoms with E-state index in [4.69, 9.17) is 35.6 Å². The second kappa shape index (κ2) is 13.2. The Kier molecular flexibility index (Phi) is 11.1. The molecule has 1 aliphatic rings. The maximum absolute atomic E-state index is 12.2. The SMILES string of the molecule is CCOC(=O)C[C@H]1[C@H](N)CCN1C(=O)OCc1ccccc1.O=C(O)C(O)C(O)C(=O)O. The summed E-state index contributed by atoms with van der Waals surface area (Å²) in [7, 11) is 0. The molecule has 0 aliphatic carbocycles. The number of nitrogens with zero attached hydrogens (tertiary/aromatic N) is 1. The number of carboxylic acid groups (broad SMARTS) is 2. The number of hydrogen-bond donors (Lipinski definition) is 5. The van der Waals surface area contributed by atoms with Crippen LogP contribution in [0.3, 0.4) is 0 Å². The number of aliphatic hydroxyl groups is 2. The van der Waals surface area contributed by atoms with Crippen LogP contribution in [0.5, 0.6) is 0 Å². The van der Waals surface area contributed by atoms with Gasteiger partial charge in [0.15, 0.2) is 12.2 Å². The minimum Gasteiger partial charge on any atom is -0.479 e. The molecule has 12 heteroatoms. The molecule has 6 N–H and O–H groups in total. The van der Waals surface area contributed by atoms with Crippen LogP contribution in [0.25, 0.3) is 0 Å². The second-order valence-corrected chi connectivity index (χ2v) is 6.83. The van der Waals surface area contributed by atoms with Crippen molar-refractivity contribution in [3.05, 3.63) is 35.9 Å². The molecular weight excluding hydrogens is 428 g/mol. The van der Waals surface area contributed by atoms with Crippen LogP contribution in [-0.4, -0.2) is 86.8 Å². The highest BCUT2D eigenvalue weighted by Gasteiger charge is 2.37. The summed E-state index contributed by atoms with van der Waals surface area (Å²) in [6.45, 7) is 2.77. The summed E-state index contributed by atoms with van der Waals surface area (Å²) in [4.78, 5) is 44.9. The monoisotopic (exact) mass is 456 g/mol. The summed E-state index contributed by atoms with van der Waals surface area (Å²) in [5.41, 5.74) is 6.92. The van der Waals surface area contributed by atoms with Crippen molar-refractivity contribution >= 4 is 24.0 Å². The van der Waals surface area contributed by atoms with E-state index in [2.05, 4.69) is 0 Å². The second-order valence-electron chi connectivity index (χ2n) is 6.83. The zero-order valence-corrected chi connectivity index (χ0v) is 17.5. The van der Waals surface area contributed by atoms with Crippen molar-refractivity contribution in [2.24, 2.45) is 5.73 Å². The van der Waals surface area contributed by atoms with Crippen molar-refractivity contribution in [2.45, 2.75) is 50.7 Å². The molecule has 0 bridgehead atoms. The van der Waals surface area contributed by atoms with E-state index in [-0.39, 0.29) is 31.1 Å². The van der Waals surface area contributed by atoms with Gasteiger partial charge in [0.25, 0.3) is 0 Å². The lowest BCUT2D eigenvalue weighted by molar-refractivity contribution is -0.165. The normalized spacial score (nSPS) is 19.2. The zero-order valence-electron chi connectivity index (χ0n) is 17.5. The van der Waals surface area contributed by atoms with Crippen LogP contribution >= 0.6 is 0 Å². The van der Waals surface area contributed by atoms with E-state index in [0.717, 1.165) is 5.56 Å². The molecule has 1 aromatic rings. The molecule has 2 unspecified atom stereocenters. The summed E-state index contributed by atoms with van der Waals surface area (Å²) < 4.78 is 10.2. The van der Waals surface area contributed by atoms with Crippen LogP contribution in [0.4, 0.5) is 4.79 Å². The summed E-state index contributed by atoms with van der Waals surface area (Å²) in [6.07, 6.45) is -4.21. The van der Waals surface area contributed by atoms with Crippen molar-refractivity contribution in [2.75, 3.05) is 13.2 Å². The molecule has 178 valence electrons. The standard InChI is InChI=1S/C16H22N2O4.C4H6O6/c1-2-21-15(19)10-14-13(17)8-9-18(14)16(20)22-11-12-6-4-3-5-7-12;5-1(3(7)8)2(6)4(9)10/h3-7,13-14H,2,8-11,17H2,1H3;1-2,5-6H,(H,7,8)(H,9,10)/t13-,14+;/m1./s1. The Morgan fingerprint density at radius 3 is 2.12 bits per heavy atom. The van der Waals surface area contributed by atoms with Crippen molar-refractivity contribution in [3.63, 3.8) is 0 Å². The summed E-state index contributed by atoms with van der Waals surface area (Å²) >= 11 is 0. The number of ether oxygens (including phenoxy) is 2. The maximum Gasteiger partial charge on any atom is 0.410 e. The lowest BCUT2D eigenvalue weighted by atomic mass is 10.1. The average Bonchev–Trinajstić information content (AvgIpc) is 3.12. The molecular formula is C20H28N2O10. The van der Waals surface area contributed by atoms with Crippen LogP contribution in [0.1, 0.15) is 25.3 Å². The van der Waals surface area contributed by atoms with Crippen LogP contribution in [0.15, 0.2) is 30.3 Å². The Morgan fingerprint density at radius 1 is 1.06 bits per heavy atom. The van der Waals surface area contributed by atoms with E-state index in [1.165, 1.54) is 4.90 Å². The molecule has 1 heterocycles. The molecule has 2 rings (SSSR count). The molecule has 1 aromatic carbocycles. The summed E-state index contributed by atoms with van der Waals surface area (Å²) in [5.74, 6) is -3.88. The van der Waals surface area contributed by atoms with E-state index in [1.54, 1.807) is 6.92 Å². The number of amides is 1. The molecule has 12 nitrogen and oxygen atoms in total. The Hall–Kier alpha value is -3.22. The number of carbonyl (C=O) groups excluding carboxylic acids is 2. The van der Waals surface area contributed by atoms with Crippen molar-refractivity contribution in [1.29, 1.82) is 0 Å². The number of likely N-dealkylation sites (tertiary alicyclic amines) is 1. The third-order valence-corrected chi connectivity index (χ3v) is 4.52. The van der Waals surface area contributed by atoms with Crippen LogP contribution in [0.2, 0.25) is 0 Å². The Bertz CT molecular complexity index is 755. The molecule has 32 heavy (non-hydrogen) atoms. The van der Waals surface area contributed by atoms with Crippen LogP contribution in [-0.2, 0) is 30.5 Å². The average molecular weight is 456 g/mol. The van der Waals surface area contributed by atoms with E-state index in [9.17, 15) is 19.2 Å². The summed E-state index contributed by atoms with van der Waals surface area (Å²) in [6, 6.07) is 8.87. The smallest absolute Gasteiger partial charge is 0.410 e. The number of carbonyl (C=O) groups is 4. The Labute approximate surface area is 184 Å². The minimum absolute atomic E-state index is 0.107. The third-order valence-electron chi connectivity index (χ3n) is 4.52. The van der Waals surface area contributed by atoms with Gasteiger partial charge in [-0.25, -0.2) is 14.4 Å². The number of aliphatic carboxylic acids is 2. The van der Waals surface area contributed by atoms with Gasteiger partial charge in [-0.2, -0.15) is 0 Å². The van der Waals surface area contributed by atoms with Crippen molar-refractivity contribution < 1.29 is 49.1 Å². The van der Waals surface area contributed by atoms with Gasteiger partial charge < -0.3 is 40.5 Å². The van der Waals surface area contributed by atoms with Gasteiger partial charge in [0, 0.05) is 12.6 Å².